The number of nitrogens with zero attached hydrogens (tertiary/aromatic N) is 1. The summed E-state index contributed by atoms with van der Waals surface area (Å²) in [6.07, 6.45) is -5.74. The molecule has 19 heavy (non-hydrogen) atoms. The second kappa shape index (κ2) is 4.52. The second-order valence-corrected chi connectivity index (χ2v) is 3.95. The molecule has 2 aromatic rings. The van der Waals surface area contributed by atoms with Crippen LogP contribution in [0, 0.1) is 5.82 Å². The molecule has 2 rings (SSSR count). The van der Waals surface area contributed by atoms with Gasteiger partial charge in [0, 0.05) is 12.5 Å². The summed E-state index contributed by atoms with van der Waals surface area (Å²) >= 11 is 0. The lowest BCUT2D eigenvalue weighted by atomic mass is 10.2. The average molecular weight is 276 g/mol. The highest BCUT2D eigenvalue weighted by Gasteiger charge is 2.27. The summed E-state index contributed by atoms with van der Waals surface area (Å²) in [5.74, 6) is -2.39. The van der Waals surface area contributed by atoms with Crippen LogP contribution in [0.4, 0.5) is 17.6 Å². The molecule has 0 bridgehead atoms. The Morgan fingerprint density at radius 3 is 2.63 bits per heavy atom. The molecule has 0 radical (unpaired) electrons. The number of imidazole rings is 1. The predicted octanol–water partition coefficient (Wildman–Crippen LogP) is 2.90. The van der Waals surface area contributed by atoms with Crippen LogP contribution in [0.2, 0.25) is 0 Å². The van der Waals surface area contributed by atoms with Crippen molar-refractivity contribution in [2.24, 2.45) is 0 Å². The van der Waals surface area contributed by atoms with Gasteiger partial charge in [-0.25, -0.2) is 14.2 Å². The fourth-order valence-electron chi connectivity index (χ4n) is 1.63. The number of H-pyrrole nitrogens is 1. The number of hydrogen-bond donors (Lipinski definition) is 2. The van der Waals surface area contributed by atoms with Crippen LogP contribution in [0.5, 0.6) is 0 Å². The maximum Gasteiger partial charge on any atom is 0.389 e. The highest BCUT2D eigenvalue weighted by atomic mass is 19.4. The van der Waals surface area contributed by atoms with Crippen molar-refractivity contribution >= 4 is 17.0 Å². The quantitative estimate of drug-likeness (QED) is 0.847. The van der Waals surface area contributed by atoms with Crippen LogP contribution in [0.15, 0.2) is 12.1 Å². The van der Waals surface area contributed by atoms with Crippen molar-refractivity contribution in [2.75, 3.05) is 0 Å². The molecule has 4 nitrogen and oxygen atoms in total. The van der Waals surface area contributed by atoms with E-state index < -0.39 is 29.9 Å². The molecule has 0 aliphatic heterocycles. The van der Waals surface area contributed by atoms with Crippen molar-refractivity contribution in [1.82, 2.24) is 9.97 Å². The molecule has 0 fully saturated rings. The lowest BCUT2D eigenvalue weighted by Crippen LogP contribution is -2.09. The summed E-state index contributed by atoms with van der Waals surface area (Å²) in [5.41, 5.74) is -0.281. The molecule has 102 valence electrons. The highest BCUT2D eigenvalue weighted by molar-refractivity contribution is 5.92. The van der Waals surface area contributed by atoms with E-state index in [0.29, 0.717) is 0 Å². The van der Waals surface area contributed by atoms with Gasteiger partial charge in [-0.3, -0.25) is 0 Å². The van der Waals surface area contributed by atoms with Crippen LogP contribution < -0.4 is 0 Å². The number of aromatic amines is 1. The van der Waals surface area contributed by atoms with Crippen molar-refractivity contribution in [1.29, 1.82) is 0 Å². The number of aromatic carboxylic acids is 1. The fourth-order valence-corrected chi connectivity index (χ4v) is 1.63. The van der Waals surface area contributed by atoms with Crippen LogP contribution in [0.1, 0.15) is 22.6 Å². The minimum atomic E-state index is -4.31. The first-order chi connectivity index (χ1) is 8.76. The largest absolute Gasteiger partial charge is 0.478 e. The topological polar surface area (TPSA) is 66.0 Å². The van der Waals surface area contributed by atoms with Gasteiger partial charge in [0.15, 0.2) is 0 Å². The third-order valence-corrected chi connectivity index (χ3v) is 2.50. The monoisotopic (exact) mass is 276 g/mol. The minimum Gasteiger partial charge on any atom is -0.478 e. The number of aryl methyl sites for hydroxylation is 1. The van der Waals surface area contributed by atoms with Gasteiger partial charge >= 0.3 is 12.1 Å². The summed E-state index contributed by atoms with van der Waals surface area (Å²) < 4.78 is 49.5. The Hall–Kier alpha value is -2.12. The zero-order valence-corrected chi connectivity index (χ0v) is 9.38. The standard InChI is InChI=1S/C11H8F4N2O2/c12-6-4-8-7(3-5(6)10(18)19)16-9(17-8)1-2-11(13,14)15/h3-4H,1-2H2,(H,16,17)(H,18,19). The van der Waals surface area contributed by atoms with Gasteiger partial charge in [0.05, 0.1) is 23.0 Å². The maximum atomic E-state index is 13.3. The molecule has 0 spiro atoms. The van der Waals surface area contributed by atoms with Gasteiger partial charge in [0.2, 0.25) is 0 Å². The van der Waals surface area contributed by atoms with Gasteiger partial charge in [-0.05, 0) is 6.07 Å². The molecule has 8 heteroatoms. The summed E-state index contributed by atoms with van der Waals surface area (Å²) in [6.45, 7) is 0. The van der Waals surface area contributed by atoms with E-state index in [0.717, 1.165) is 12.1 Å². The normalized spacial score (nSPS) is 12.0. The van der Waals surface area contributed by atoms with Gasteiger partial charge in [0.1, 0.15) is 11.6 Å². The molecule has 1 heterocycles. The van der Waals surface area contributed by atoms with E-state index in [9.17, 15) is 22.4 Å². The highest BCUT2D eigenvalue weighted by Crippen LogP contribution is 2.23. The number of benzene rings is 1. The molecular weight excluding hydrogens is 268 g/mol. The molecular formula is C11H8F4N2O2. The Kier molecular flexibility index (Phi) is 3.17. The van der Waals surface area contributed by atoms with Crippen molar-refractivity contribution < 1.29 is 27.5 Å². The first-order valence-corrected chi connectivity index (χ1v) is 5.24. The Balaban J connectivity index is 2.33. The van der Waals surface area contributed by atoms with E-state index in [1.165, 1.54) is 0 Å². The van der Waals surface area contributed by atoms with E-state index in [1.807, 2.05) is 0 Å². The summed E-state index contributed by atoms with van der Waals surface area (Å²) in [4.78, 5) is 17.0. The van der Waals surface area contributed by atoms with Gasteiger partial charge in [0.25, 0.3) is 0 Å². The Morgan fingerprint density at radius 2 is 2.05 bits per heavy atom. The van der Waals surface area contributed by atoms with Crippen LogP contribution in [-0.4, -0.2) is 27.2 Å². The zero-order chi connectivity index (χ0) is 14.2. The number of carbonyl (C=O) groups is 1. The molecule has 1 aromatic carbocycles. The average Bonchev–Trinajstić information content (AvgIpc) is 2.65. The zero-order valence-electron chi connectivity index (χ0n) is 9.38. The van der Waals surface area contributed by atoms with Crippen molar-refractivity contribution in [3.63, 3.8) is 0 Å². The third-order valence-electron chi connectivity index (χ3n) is 2.50. The van der Waals surface area contributed by atoms with Crippen LogP contribution >= 0.6 is 0 Å². The van der Waals surface area contributed by atoms with E-state index in [4.69, 9.17) is 5.11 Å². The number of hydrogen-bond acceptors (Lipinski definition) is 2. The van der Waals surface area contributed by atoms with Gasteiger partial charge < -0.3 is 10.1 Å². The maximum absolute atomic E-state index is 13.3. The second-order valence-electron chi connectivity index (χ2n) is 3.95. The van der Waals surface area contributed by atoms with Gasteiger partial charge in [-0.15, -0.1) is 0 Å². The van der Waals surface area contributed by atoms with E-state index in [-0.39, 0.29) is 23.3 Å². The van der Waals surface area contributed by atoms with Crippen molar-refractivity contribution in [3.8, 4) is 0 Å². The number of alkyl halides is 3. The molecule has 2 N–H and O–H groups in total. The number of carboxylic acid groups (broad SMARTS) is 1. The molecule has 0 atom stereocenters. The number of halogens is 4. The number of fused-ring (bicyclic) bond motifs is 1. The molecule has 0 aliphatic carbocycles. The van der Waals surface area contributed by atoms with Gasteiger partial charge in [-0.1, -0.05) is 0 Å². The Labute approximate surface area is 104 Å². The minimum absolute atomic E-state index is 0.0364. The summed E-state index contributed by atoms with van der Waals surface area (Å²) in [5, 5.41) is 8.72. The van der Waals surface area contributed by atoms with E-state index >= 15 is 0 Å². The summed E-state index contributed by atoms with van der Waals surface area (Å²) in [7, 11) is 0. The number of carboxylic acids is 1. The number of aromatic nitrogens is 2. The smallest absolute Gasteiger partial charge is 0.389 e. The predicted molar refractivity (Wildman–Crippen MR) is 57.4 cm³/mol. The summed E-state index contributed by atoms with van der Waals surface area (Å²) in [6, 6.07) is 1.89. The van der Waals surface area contributed by atoms with Crippen LogP contribution in [-0.2, 0) is 6.42 Å². The molecule has 0 saturated carbocycles. The van der Waals surface area contributed by atoms with Crippen LogP contribution in [0.25, 0.3) is 11.0 Å². The van der Waals surface area contributed by atoms with Crippen LogP contribution in [0.3, 0.4) is 0 Å². The van der Waals surface area contributed by atoms with E-state index in [2.05, 4.69) is 9.97 Å². The SMILES string of the molecule is O=C(O)c1cc2nc(CCC(F)(F)F)[nH]c2cc1F. The molecule has 0 saturated heterocycles. The molecule has 1 aromatic heterocycles. The molecule has 0 aliphatic rings. The number of nitrogens with one attached hydrogen (secondary N) is 1. The Bertz CT molecular complexity index is 633. The lowest BCUT2D eigenvalue weighted by Gasteiger charge is -2.02. The van der Waals surface area contributed by atoms with Crippen molar-refractivity contribution in [3.05, 3.63) is 29.3 Å². The van der Waals surface area contributed by atoms with Crippen molar-refractivity contribution in [2.45, 2.75) is 19.0 Å². The van der Waals surface area contributed by atoms with E-state index in [1.54, 1.807) is 0 Å². The third kappa shape index (κ3) is 3.01. The molecule has 0 unspecified atom stereocenters. The first kappa shape index (κ1) is 13.3. The first-order valence-electron chi connectivity index (χ1n) is 5.24. The Morgan fingerprint density at radius 1 is 1.37 bits per heavy atom. The lowest BCUT2D eigenvalue weighted by molar-refractivity contribution is -0.134. The van der Waals surface area contributed by atoms with Gasteiger partial charge in [-0.2, -0.15) is 13.2 Å². The molecule has 0 amide bonds. The fraction of sp³-hybridized carbons (Fsp3) is 0.273. The number of rotatable bonds is 3.